The van der Waals surface area contributed by atoms with Crippen LogP contribution < -0.4 is 0 Å². The number of epoxide rings is 1. The monoisotopic (exact) mass is 456 g/mol. The number of ether oxygens (including phenoxy) is 1. The molecule has 2 bridgehead atoms. The van der Waals surface area contributed by atoms with E-state index in [-0.39, 0.29) is 29.3 Å². The molecule has 0 aromatic carbocycles. The van der Waals surface area contributed by atoms with Gasteiger partial charge in [0.15, 0.2) is 17.7 Å². The van der Waals surface area contributed by atoms with Crippen LogP contribution >= 0.6 is 0 Å². The third kappa shape index (κ3) is 3.01. The van der Waals surface area contributed by atoms with E-state index < -0.39 is 34.7 Å². The van der Waals surface area contributed by atoms with Gasteiger partial charge in [0.2, 0.25) is 0 Å². The highest BCUT2D eigenvalue weighted by Gasteiger charge is 2.78. The summed E-state index contributed by atoms with van der Waals surface area (Å²) < 4.78 is 6.08. The normalized spacial score (nSPS) is 48.5. The second kappa shape index (κ2) is 7.35. The molecule has 0 aromatic heterocycles. The highest BCUT2D eigenvalue weighted by molar-refractivity contribution is 6.26. The number of aliphatic hydroxyl groups excluding tert-OH is 2. The molecule has 2 saturated carbocycles. The fraction of sp³-hybridized carbons (Fsp3) is 0.786. The fourth-order valence-electron chi connectivity index (χ4n) is 7.86. The van der Waals surface area contributed by atoms with Crippen molar-refractivity contribution in [3.05, 3.63) is 23.3 Å². The Kier molecular flexibility index (Phi) is 5.22. The second-order valence-electron chi connectivity index (χ2n) is 12.6. The van der Waals surface area contributed by atoms with Crippen LogP contribution in [0, 0.1) is 40.4 Å². The van der Waals surface area contributed by atoms with Crippen LogP contribution in [0.5, 0.6) is 0 Å². The topological polar surface area (TPSA) is 87.1 Å². The molecule has 1 spiro atoms. The van der Waals surface area contributed by atoms with Gasteiger partial charge in [-0.25, -0.2) is 0 Å². The van der Waals surface area contributed by atoms with Gasteiger partial charge in [0.25, 0.3) is 0 Å². The average Bonchev–Trinajstić information content (AvgIpc) is 3.48. The third-order valence-electron chi connectivity index (χ3n) is 10.4. The molecule has 182 valence electrons. The summed E-state index contributed by atoms with van der Waals surface area (Å²) in [5, 5.41) is 21.8. The molecule has 1 aliphatic heterocycles. The third-order valence-corrected chi connectivity index (χ3v) is 10.4. The van der Waals surface area contributed by atoms with Crippen LogP contribution in [0.1, 0.15) is 73.6 Å². The maximum absolute atomic E-state index is 14.1. The van der Waals surface area contributed by atoms with Crippen LogP contribution in [-0.2, 0) is 14.3 Å². The van der Waals surface area contributed by atoms with Gasteiger partial charge in [-0.3, -0.25) is 9.59 Å². The van der Waals surface area contributed by atoms with Crippen molar-refractivity contribution in [3.8, 4) is 0 Å². The van der Waals surface area contributed by atoms with Crippen molar-refractivity contribution in [1.82, 2.24) is 0 Å². The van der Waals surface area contributed by atoms with Gasteiger partial charge in [-0.05, 0) is 54.9 Å². The molecule has 5 rings (SSSR count). The number of Topliss-reactive ketones (excluding diaryl/α,β-unsaturated/α-hetero) is 2. The minimum atomic E-state index is -0.700. The zero-order valence-electron chi connectivity index (χ0n) is 20.9. The smallest absolute Gasteiger partial charge is 0.198 e. The Hall–Kier alpha value is -1.30. The van der Waals surface area contributed by atoms with Crippen LogP contribution in [-0.4, -0.2) is 45.7 Å². The summed E-state index contributed by atoms with van der Waals surface area (Å²) in [6, 6.07) is 0. The van der Waals surface area contributed by atoms with E-state index >= 15 is 0 Å². The molecule has 0 radical (unpaired) electrons. The largest absolute Gasteiger partial charge is 0.393 e. The Balaban J connectivity index is 1.55. The zero-order valence-corrected chi connectivity index (χ0v) is 20.9. The first kappa shape index (κ1) is 23.4. The van der Waals surface area contributed by atoms with Crippen LogP contribution in [0.15, 0.2) is 23.3 Å². The van der Waals surface area contributed by atoms with Gasteiger partial charge in [-0.15, -0.1) is 0 Å². The van der Waals surface area contributed by atoms with Crippen LogP contribution in [0.3, 0.4) is 0 Å². The number of allylic oxidation sites excluding steroid dienone is 2. The molecule has 4 aliphatic carbocycles. The molecule has 0 aromatic rings. The number of aliphatic hydroxyl groups is 2. The van der Waals surface area contributed by atoms with Crippen molar-refractivity contribution >= 4 is 11.6 Å². The van der Waals surface area contributed by atoms with Crippen LogP contribution in [0.4, 0.5) is 0 Å². The summed E-state index contributed by atoms with van der Waals surface area (Å²) in [4.78, 5) is 27.7. The predicted octanol–water partition coefficient (Wildman–Crippen LogP) is 4.01. The molecule has 1 saturated heterocycles. The van der Waals surface area contributed by atoms with Gasteiger partial charge in [-0.2, -0.15) is 0 Å². The predicted molar refractivity (Wildman–Crippen MR) is 125 cm³/mol. The average molecular weight is 457 g/mol. The number of hydrogen-bond acceptors (Lipinski definition) is 5. The number of ketones is 2. The molecule has 10 atom stereocenters. The number of rotatable bonds is 4. The van der Waals surface area contributed by atoms with E-state index in [2.05, 4.69) is 46.8 Å². The number of fused-ring (bicyclic) bond motifs is 4. The molecule has 33 heavy (non-hydrogen) atoms. The molecule has 5 nitrogen and oxygen atoms in total. The summed E-state index contributed by atoms with van der Waals surface area (Å²) in [6.07, 6.45) is 5.66. The summed E-state index contributed by atoms with van der Waals surface area (Å²) in [5.74, 6) is 0.666. The summed E-state index contributed by atoms with van der Waals surface area (Å²) in [5.41, 5.74) is -0.663. The molecule has 2 N–H and O–H groups in total. The van der Waals surface area contributed by atoms with Crippen molar-refractivity contribution in [1.29, 1.82) is 0 Å². The van der Waals surface area contributed by atoms with Gasteiger partial charge in [0.05, 0.1) is 17.8 Å². The number of carbonyl (C=O) groups excluding carboxylic acids is 2. The van der Waals surface area contributed by atoms with Crippen LogP contribution in [0.25, 0.3) is 0 Å². The quantitative estimate of drug-likeness (QED) is 0.379. The minimum absolute atomic E-state index is 0.0125. The minimum Gasteiger partial charge on any atom is -0.393 e. The van der Waals surface area contributed by atoms with Crippen LogP contribution in [0.2, 0.25) is 0 Å². The molecule has 0 amide bonds. The second-order valence-corrected chi connectivity index (χ2v) is 12.6. The maximum Gasteiger partial charge on any atom is 0.198 e. The first-order chi connectivity index (χ1) is 15.4. The molecule has 3 fully saturated rings. The van der Waals surface area contributed by atoms with Crippen molar-refractivity contribution < 1.29 is 24.5 Å². The lowest BCUT2D eigenvalue weighted by Crippen LogP contribution is -2.61. The molecular weight excluding hydrogens is 416 g/mol. The summed E-state index contributed by atoms with van der Waals surface area (Å²) in [7, 11) is 0. The number of carbonyl (C=O) groups is 2. The van der Waals surface area contributed by atoms with Crippen molar-refractivity contribution in [2.75, 3.05) is 0 Å². The first-order valence-electron chi connectivity index (χ1n) is 12.9. The Labute approximate surface area is 197 Å². The van der Waals surface area contributed by atoms with E-state index in [0.29, 0.717) is 49.5 Å². The van der Waals surface area contributed by atoms with Gasteiger partial charge < -0.3 is 14.9 Å². The highest BCUT2D eigenvalue weighted by Crippen LogP contribution is 2.70. The Morgan fingerprint density at radius 1 is 1.06 bits per heavy atom. The Morgan fingerprint density at radius 2 is 1.76 bits per heavy atom. The summed E-state index contributed by atoms with van der Waals surface area (Å²) >= 11 is 0. The maximum atomic E-state index is 14.1. The zero-order chi connectivity index (χ0) is 24.1. The van der Waals surface area contributed by atoms with E-state index in [1.165, 1.54) is 0 Å². The molecule has 5 heteroatoms. The van der Waals surface area contributed by atoms with E-state index in [1.54, 1.807) is 0 Å². The lowest BCUT2D eigenvalue weighted by Gasteiger charge is -2.57. The van der Waals surface area contributed by atoms with Gasteiger partial charge in [-0.1, -0.05) is 53.7 Å². The van der Waals surface area contributed by atoms with Crippen molar-refractivity contribution in [3.63, 3.8) is 0 Å². The van der Waals surface area contributed by atoms with E-state index in [4.69, 9.17) is 4.74 Å². The van der Waals surface area contributed by atoms with Gasteiger partial charge >= 0.3 is 0 Å². The Morgan fingerprint density at radius 3 is 2.42 bits per heavy atom. The lowest BCUT2D eigenvalue weighted by molar-refractivity contribution is -0.141. The highest BCUT2D eigenvalue weighted by atomic mass is 16.6. The van der Waals surface area contributed by atoms with E-state index in [1.807, 2.05) is 6.92 Å². The van der Waals surface area contributed by atoms with Crippen molar-refractivity contribution in [2.24, 2.45) is 40.4 Å². The fourth-order valence-corrected chi connectivity index (χ4v) is 7.86. The first-order valence-corrected chi connectivity index (χ1v) is 12.9. The van der Waals surface area contributed by atoms with Gasteiger partial charge in [0, 0.05) is 23.2 Å². The molecule has 1 heterocycles. The molecular formula is C28H40O5. The van der Waals surface area contributed by atoms with E-state index in [0.717, 1.165) is 5.57 Å². The van der Waals surface area contributed by atoms with Crippen molar-refractivity contribution in [2.45, 2.75) is 97.6 Å². The Bertz CT molecular complexity index is 948. The van der Waals surface area contributed by atoms with Gasteiger partial charge in [0.1, 0.15) is 5.60 Å². The summed E-state index contributed by atoms with van der Waals surface area (Å²) in [6.45, 7) is 12.9. The standard InChI is InChI=1S/C28H40O5/c1-14(2)15(3)7-8-16(4)19-11-20(30)18-13-26(19,5)24(32)21-22(18)27(6)10-9-17(29)12-28(27)25(33-28)23(21)31/h7-8,14-20,25,29-30H,9-13H2,1-6H3/t15-,16+,17-,18-,19+,20-,25-,26-,27+,28-/m0/s1. The molecule has 5 aliphatic rings. The number of hydrogen-bond donors (Lipinski definition) is 2. The lowest BCUT2D eigenvalue weighted by atomic mass is 9.45. The molecule has 0 unspecified atom stereocenters. The SMILES string of the molecule is CC(C)[C@@H](C)C=C[C@@H](C)[C@H]1C[C@H](O)[C@@H]2C[C@]1(C)C(=O)C1=C2[C@@]2(C)CC[C@H](O)C[C@@]23O[C@H]3C1=O. The van der Waals surface area contributed by atoms with E-state index in [9.17, 15) is 19.8 Å².